The zero-order valence-corrected chi connectivity index (χ0v) is 7.63. The molecule has 1 atom stereocenters. The number of aldehydes is 1. The van der Waals surface area contributed by atoms with Gasteiger partial charge in [0, 0.05) is 6.42 Å². The van der Waals surface area contributed by atoms with E-state index in [0.29, 0.717) is 11.8 Å². The summed E-state index contributed by atoms with van der Waals surface area (Å²) in [5.74, 6) is -1.93. The minimum Gasteiger partial charge on any atom is -0.382 e. The van der Waals surface area contributed by atoms with Gasteiger partial charge in [-0.2, -0.15) is 0 Å². The van der Waals surface area contributed by atoms with Crippen LogP contribution in [0.2, 0.25) is 0 Å². The van der Waals surface area contributed by atoms with Gasteiger partial charge < -0.3 is 9.90 Å². The Hall–Kier alpha value is -1.29. The molecule has 0 heterocycles. The van der Waals surface area contributed by atoms with E-state index in [1.165, 1.54) is 13.0 Å². The van der Waals surface area contributed by atoms with Gasteiger partial charge in [-0.1, -0.05) is 6.07 Å². The van der Waals surface area contributed by atoms with Gasteiger partial charge in [-0.15, -0.1) is 0 Å². The highest BCUT2D eigenvalue weighted by Gasteiger charge is 2.20. The van der Waals surface area contributed by atoms with E-state index in [4.69, 9.17) is 0 Å². The maximum atomic E-state index is 12.7. The van der Waals surface area contributed by atoms with Crippen LogP contribution in [0.15, 0.2) is 18.2 Å². The molecule has 1 aromatic rings. The molecule has 1 aromatic carbocycles. The van der Waals surface area contributed by atoms with E-state index in [9.17, 15) is 18.7 Å². The Balaban J connectivity index is 2.88. The fraction of sp³-hybridized carbons (Fsp3) is 0.300. The fourth-order valence-corrected chi connectivity index (χ4v) is 1.10. The van der Waals surface area contributed by atoms with Crippen LogP contribution in [0.1, 0.15) is 12.5 Å². The lowest BCUT2D eigenvalue weighted by atomic mass is 9.98. The zero-order chi connectivity index (χ0) is 10.8. The third-order valence-electron chi connectivity index (χ3n) is 1.80. The van der Waals surface area contributed by atoms with E-state index in [-0.39, 0.29) is 6.42 Å². The second-order valence-electron chi connectivity index (χ2n) is 3.40. The molecule has 1 rings (SSSR count). The summed E-state index contributed by atoms with van der Waals surface area (Å²) in [6.45, 7) is 1.31. The van der Waals surface area contributed by atoms with Crippen LogP contribution in [0, 0.1) is 11.6 Å². The van der Waals surface area contributed by atoms with Crippen LogP contribution < -0.4 is 0 Å². The predicted octanol–water partition coefficient (Wildman–Crippen LogP) is 1.46. The van der Waals surface area contributed by atoms with Crippen LogP contribution in [0.3, 0.4) is 0 Å². The van der Waals surface area contributed by atoms with Gasteiger partial charge in [-0.05, 0) is 24.6 Å². The highest BCUT2D eigenvalue weighted by Crippen LogP contribution is 2.14. The van der Waals surface area contributed by atoms with Crippen LogP contribution in [-0.2, 0) is 11.2 Å². The molecule has 0 saturated heterocycles. The molecule has 0 fully saturated rings. The molecule has 0 spiro atoms. The van der Waals surface area contributed by atoms with Crippen LogP contribution >= 0.6 is 0 Å². The summed E-state index contributed by atoms with van der Waals surface area (Å²) in [5, 5.41) is 9.35. The number of halogens is 2. The molecular weight excluding hydrogens is 190 g/mol. The Morgan fingerprint density at radius 2 is 2.07 bits per heavy atom. The van der Waals surface area contributed by atoms with Crippen LogP contribution in [-0.4, -0.2) is 17.0 Å². The zero-order valence-electron chi connectivity index (χ0n) is 7.63. The van der Waals surface area contributed by atoms with Gasteiger partial charge in [-0.25, -0.2) is 8.78 Å². The van der Waals surface area contributed by atoms with Crippen molar-refractivity contribution in [2.24, 2.45) is 0 Å². The van der Waals surface area contributed by atoms with Gasteiger partial charge in [0.1, 0.15) is 5.60 Å². The predicted molar refractivity (Wildman–Crippen MR) is 46.7 cm³/mol. The molecule has 0 amide bonds. The summed E-state index contributed by atoms with van der Waals surface area (Å²) >= 11 is 0. The van der Waals surface area contributed by atoms with Crippen molar-refractivity contribution in [2.75, 3.05) is 0 Å². The lowest BCUT2D eigenvalue weighted by Gasteiger charge is -2.15. The van der Waals surface area contributed by atoms with Crippen LogP contribution in [0.4, 0.5) is 8.78 Å². The van der Waals surface area contributed by atoms with Gasteiger partial charge in [0.05, 0.1) is 0 Å². The molecule has 0 saturated carbocycles. The summed E-state index contributed by atoms with van der Waals surface area (Å²) in [6, 6.07) is 3.26. The van der Waals surface area contributed by atoms with Crippen molar-refractivity contribution >= 4 is 6.29 Å². The standard InChI is InChI=1S/C10H10F2O2/c1-10(14,6-13)5-7-2-3-8(11)9(12)4-7/h2-4,6,14H,5H2,1H3. The molecular formula is C10H10F2O2. The molecule has 4 heteroatoms. The van der Waals surface area contributed by atoms with Crippen LogP contribution in [0.25, 0.3) is 0 Å². The van der Waals surface area contributed by atoms with Crippen molar-refractivity contribution in [3.05, 3.63) is 35.4 Å². The summed E-state index contributed by atoms with van der Waals surface area (Å²) in [6.07, 6.45) is 0.335. The summed E-state index contributed by atoms with van der Waals surface area (Å²) < 4.78 is 25.2. The number of carbonyl (C=O) groups is 1. The lowest BCUT2D eigenvalue weighted by Crippen LogP contribution is -2.28. The highest BCUT2D eigenvalue weighted by molar-refractivity contribution is 5.62. The summed E-state index contributed by atoms with van der Waals surface area (Å²) in [4.78, 5) is 10.4. The number of benzene rings is 1. The van der Waals surface area contributed by atoms with E-state index in [0.717, 1.165) is 12.1 Å². The topological polar surface area (TPSA) is 37.3 Å². The molecule has 0 aliphatic rings. The minimum absolute atomic E-state index is 0.0340. The molecule has 0 aliphatic carbocycles. The monoisotopic (exact) mass is 200 g/mol. The first kappa shape index (κ1) is 10.8. The van der Waals surface area contributed by atoms with Crippen molar-refractivity contribution < 1.29 is 18.7 Å². The number of hydrogen-bond acceptors (Lipinski definition) is 2. The van der Waals surface area contributed by atoms with E-state index < -0.39 is 17.2 Å². The number of aliphatic hydroxyl groups is 1. The van der Waals surface area contributed by atoms with Crippen molar-refractivity contribution in [1.82, 2.24) is 0 Å². The largest absolute Gasteiger partial charge is 0.382 e. The van der Waals surface area contributed by atoms with Crippen molar-refractivity contribution in [2.45, 2.75) is 18.9 Å². The highest BCUT2D eigenvalue weighted by atomic mass is 19.2. The second-order valence-corrected chi connectivity index (χ2v) is 3.40. The Kier molecular flexibility index (Phi) is 2.96. The average Bonchev–Trinajstić information content (AvgIpc) is 2.11. The number of hydrogen-bond donors (Lipinski definition) is 1. The van der Waals surface area contributed by atoms with E-state index in [1.54, 1.807) is 0 Å². The van der Waals surface area contributed by atoms with Crippen molar-refractivity contribution in [3.8, 4) is 0 Å². The Bertz CT molecular complexity index is 348. The SMILES string of the molecule is CC(O)(C=O)Cc1ccc(F)c(F)c1. The maximum Gasteiger partial charge on any atom is 0.159 e. The molecule has 76 valence electrons. The van der Waals surface area contributed by atoms with Gasteiger partial charge in [-0.3, -0.25) is 0 Å². The van der Waals surface area contributed by atoms with Gasteiger partial charge in [0.2, 0.25) is 0 Å². The Morgan fingerprint density at radius 1 is 1.43 bits per heavy atom. The first-order valence-electron chi connectivity index (χ1n) is 4.07. The molecule has 2 nitrogen and oxygen atoms in total. The van der Waals surface area contributed by atoms with Gasteiger partial charge in [0.15, 0.2) is 17.9 Å². The maximum absolute atomic E-state index is 12.7. The molecule has 0 bridgehead atoms. The Morgan fingerprint density at radius 3 is 2.57 bits per heavy atom. The first-order chi connectivity index (χ1) is 6.44. The minimum atomic E-state index is -1.54. The average molecular weight is 200 g/mol. The fourth-order valence-electron chi connectivity index (χ4n) is 1.10. The summed E-state index contributed by atoms with van der Waals surface area (Å²) in [7, 11) is 0. The van der Waals surface area contributed by atoms with Crippen molar-refractivity contribution in [3.63, 3.8) is 0 Å². The third-order valence-corrected chi connectivity index (χ3v) is 1.80. The normalized spacial score (nSPS) is 14.9. The lowest BCUT2D eigenvalue weighted by molar-refractivity contribution is -0.122. The molecule has 14 heavy (non-hydrogen) atoms. The second kappa shape index (κ2) is 3.84. The van der Waals surface area contributed by atoms with Crippen molar-refractivity contribution in [1.29, 1.82) is 0 Å². The molecule has 0 aliphatic heterocycles. The van der Waals surface area contributed by atoms with Gasteiger partial charge >= 0.3 is 0 Å². The molecule has 1 unspecified atom stereocenters. The quantitative estimate of drug-likeness (QED) is 0.750. The molecule has 1 N–H and O–H groups in total. The Labute approximate surface area is 80.2 Å². The smallest absolute Gasteiger partial charge is 0.159 e. The van der Waals surface area contributed by atoms with Gasteiger partial charge in [0.25, 0.3) is 0 Å². The molecule has 0 aromatic heterocycles. The number of rotatable bonds is 3. The van der Waals surface area contributed by atoms with E-state index in [2.05, 4.69) is 0 Å². The van der Waals surface area contributed by atoms with E-state index in [1.807, 2.05) is 0 Å². The summed E-state index contributed by atoms with van der Waals surface area (Å²) in [5.41, 5.74) is -1.16. The first-order valence-corrected chi connectivity index (χ1v) is 4.07. The third kappa shape index (κ3) is 2.60. The molecule has 0 radical (unpaired) electrons. The number of carbonyl (C=O) groups excluding carboxylic acids is 1. The van der Waals surface area contributed by atoms with E-state index >= 15 is 0 Å². The van der Waals surface area contributed by atoms with Crippen LogP contribution in [0.5, 0.6) is 0 Å².